The van der Waals surface area contributed by atoms with Crippen LogP contribution in [-0.4, -0.2) is 32.3 Å². The Morgan fingerprint density at radius 2 is 2.32 bits per heavy atom. The highest BCUT2D eigenvalue weighted by molar-refractivity contribution is 5.95. The van der Waals surface area contributed by atoms with E-state index < -0.39 is 6.04 Å². The summed E-state index contributed by atoms with van der Waals surface area (Å²) in [6, 6.07) is 9.13. The zero-order valence-corrected chi connectivity index (χ0v) is 12.8. The van der Waals surface area contributed by atoms with E-state index in [1.807, 2.05) is 31.2 Å². The van der Waals surface area contributed by atoms with Gasteiger partial charge in [-0.2, -0.15) is 5.26 Å². The Morgan fingerprint density at radius 1 is 1.55 bits per heavy atom. The molecule has 1 aromatic rings. The molecule has 1 heterocycles. The molecule has 0 spiro atoms. The lowest BCUT2D eigenvalue weighted by Crippen LogP contribution is -2.38. The van der Waals surface area contributed by atoms with Crippen molar-refractivity contribution in [3.05, 3.63) is 35.9 Å². The quantitative estimate of drug-likeness (QED) is 0.846. The van der Waals surface area contributed by atoms with Gasteiger partial charge in [-0.3, -0.25) is 4.79 Å². The van der Waals surface area contributed by atoms with Crippen LogP contribution in [0, 0.1) is 17.2 Å². The van der Waals surface area contributed by atoms with Gasteiger partial charge in [-0.05, 0) is 25.0 Å². The summed E-state index contributed by atoms with van der Waals surface area (Å²) in [5.41, 5.74) is 1.65. The molecule has 5 nitrogen and oxygen atoms in total. The molecule has 1 N–H and O–H groups in total. The Kier molecular flexibility index (Phi) is 5.56. The molecule has 1 amide bonds. The molecular weight excluding hydrogens is 280 g/mol. The third-order valence-corrected chi connectivity index (χ3v) is 3.75. The molecule has 0 unspecified atom stereocenters. The van der Waals surface area contributed by atoms with Crippen LogP contribution in [0.3, 0.4) is 0 Å². The van der Waals surface area contributed by atoms with Crippen molar-refractivity contribution in [3.63, 3.8) is 0 Å². The van der Waals surface area contributed by atoms with Gasteiger partial charge in [-0.25, -0.2) is 0 Å². The summed E-state index contributed by atoms with van der Waals surface area (Å²) < 4.78 is 10.6. The van der Waals surface area contributed by atoms with E-state index in [0.717, 1.165) is 17.6 Å². The fourth-order valence-electron chi connectivity index (χ4n) is 2.51. The molecule has 1 fully saturated rings. The number of para-hydroxylation sites is 1. The average Bonchev–Trinajstić information content (AvgIpc) is 3.06. The Bertz CT molecular complexity index is 598. The van der Waals surface area contributed by atoms with Crippen LogP contribution in [-0.2, 0) is 9.53 Å². The molecule has 5 heteroatoms. The van der Waals surface area contributed by atoms with Crippen LogP contribution in [0.1, 0.15) is 18.9 Å². The molecule has 0 saturated carbocycles. The Labute approximate surface area is 130 Å². The number of benzene rings is 1. The van der Waals surface area contributed by atoms with Gasteiger partial charge < -0.3 is 14.8 Å². The second-order valence-corrected chi connectivity index (χ2v) is 5.27. The minimum Gasteiger partial charge on any atom is -0.496 e. The van der Waals surface area contributed by atoms with Crippen molar-refractivity contribution in [1.29, 1.82) is 5.26 Å². The summed E-state index contributed by atoms with van der Waals surface area (Å²) in [5.74, 6) is 0.501. The first-order valence-electron chi connectivity index (χ1n) is 7.25. The number of allylic oxidation sites excluding steroid dienone is 1. The van der Waals surface area contributed by atoms with E-state index in [2.05, 4.69) is 11.4 Å². The van der Waals surface area contributed by atoms with E-state index in [0.29, 0.717) is 19.0 Å². The van der Waals surface area contributed by atoms with Crippen LogP contribution in [0.15, 0.2) is 30.3 Å². The molecule has 2 atom stereocenters. The highest BCUT2D eigenvalue weighted by atomic mass is 16.5. The maximum atomic E-state index is 12.1. The van der Waals surface area contributed by atoms with Crippen molar-refractivity contribution >= 4 is 11.5 Å². The number of nitrogens with zero attached hydrogens (tertiary/aromatic N) is 1. The van der Waals surface area contributed by atoms with Gasteiger partial charge >= 0.3 is 0 Å². The molecule has 0 bridgehead atoms. The number of methoxy groups -OCH3 is 1. The molecule has 2 rings (SSSR count). The molecule has 1 aliphatic heterocycles. The smallest absolute Gasteiger partial charge is 0.245 e. The standard InChI is InChI=1S/C17H20N2O3/c1-12(14-5-3-4-6-16(14)21-2)9-17(20)19-15(10-18)13-7-8-22-11-13/h3-6,9,13,15H,7-8,11H2,1-2H3,(H,19,20)/b12-9-/t13-,15-/m1/s1. The zero-order valence-electron chi connectivity index (χ0n) is 12.8. The van der Waals surface area contributed by atoms with E-state index in [1.165, 1.54) is 6.08 Å². The van der Waals surface area contributed by atoms with Crippen LogP contribution >= 0.6 is 0 Å². The summed E-state index contributed by atoms with van der Waals surface area (Å²) in [7, 11) is 1.60. The summed E-state index contributed by atoms with van der Waals surface area (Å²) in [6.45, 7) is 3.01. The number of hydrogen-bond donors (Lipinski definition) is 1. The van der Waals surface area contributed by atoms with Crippen molar-refractivity contribution in [2.45, 2.75) is 19.4 Å². The van der Waals surface area contributed by atoms with E-state index in [-0.39, 0.29) is 11.8 Å². The molecule has 22 heavy (non-hydrogen) atoms. The largest absolute Gasteiger partial charge is 0.496 e. The molecule has 0 aromatic heterocycles. The van der Waals surface area contributed by atoms with Crippen LogP contribution in [0.4, 0.5) is 0 Å². The molecule has 1 aliphatic rings. The molecule has 1 aromatic carbocycles. The van der Waals surface area contributed by atoms with Gasteiger partial charge in [-0.1, -0.05) is 18.2 Å². The van der Waals surface area contributed by atoms with Gasteiger partial charge in [0, 0.05) is 24.2 Å². The fraction of sp³-hybridized carbons (Fsp3) is 0.412. The molecule has 116 valence electrons. The average molecular weight is 300 g/mol. The number of ether oxygens (including phenoxy) is 2. The highest BCUT2D eigenvalue weighted by Crippen LogP contribution is 2.25. The number of rotatable bonds is 5. The number of carbonyl (C=O) groups excluding carboxylic acids is 1. The molecule has 0 radical (unpaired) electrons. The second-order valence-electron chi connectivity index (χ2n) is 5.27. The first-order chi connectivity index (χ1) is 10.7. The van der Waals surface area contributed by atoms with Gasteiger partial charge in [0.05, 0.1) is 19.8 Å². The summed E-state index contributed by atoms with van der Waals surface area (Å²) >= 11 is 0. The maximum Gasteiger partial charge on any atom is 0.245 e. The van der Waals surface area contributed by atoms with Crippen molar-refractivity contribution in [3.8, 4) is 11.8 Å². The molecular formula is C17H20N2O3. The lowest BCUT2D eigenvalue weighted by molar-refractivity contribution is -0.117. The first kappa shape index (κ1) is 16.1. The van der Waals surface area contributed by atoms with Crippen molar-refractivity contribution in [2.24, 2.45) is 5.92 Å². The molecule has 1 saturated heterocycles. The minimum atomic E-state index is -0.517. The minimum absolute atomic E-state index is 0.0638. The first-order valence-corrected chi connectivity index (χ1v) is 7.25. The number of amides is 1. The number of nitriles is 1. The maximum absolute atomic E-state index is 12.1. The van der Waals surface area contributed by atoms with E-state index in [1.54, 1.807) is 7.11 Å². The van der Waals surface area contributed by atoms with Crippen molar-refractivity contribution in [2.75, 3.05) is 20.3 Å². The summed E-state index contributed by atoms with van der Waals surface area (Å²) in [6.07, 6.45) is 2.30. The van der Waals surface area contributed by atoms with Gasteiger partial charge in [0.1, 0.15) is 11.8 Å². The van der Waals surface area contributed by atoms with E-state index >= 15 is 0 Å². The summed E-state index contributed by atoms with van der Waals surface area (Å²) in [4.78, 5) is 12.1. The Balaban J connectivity index is 2.07. The van der Waals surface area contributed by atoms with Crippen molar-refractivity contribution in [1.82, 2.24) is 5.32 Å². The zero-order chi connectivity index (χ0) is 15.9. The van der Waals surface area contributed by atoms with Crippen LogP contribution in [0.2, 0.25) is 0 Å². The topological polar surface area (TPSA) is 71.3 Å². The fourth-order valence-corrected chi connectivity index (χ4v) is 2.51. The highest BCUT2D eigenvalue weighted by Gasteiger charge is 2.26. The monoisotopic (exact) mass is 300 g/mol. The SMILES string of the molecule is COc1ccccc1/C(C)=C\C(=O)N[C@H](C#N)[C@@H]1CCOC1. The number of hydrogen-bond acceptors (Lipinski definition) is 4. The van der Waals surface area contributed by atoms with Crippen LogP contribution in [0.5, 0.6) is 5.75 Å². The van der Waals surface area contributed by atoms with E-state index in [4.69, 9.17) is 9.47 Å². The van der Waals surface area contributed by atoms with Crippen LogP contribution in [0.25, 0.3) is 5.57 Å². The summed E-state index contributed by atoms with van der Waals surface area (Å²) in [5, 5.41) is 12.0. The third-order valence-electron chi connectivity index (χ3n) is 3.75. The van der Waals surface area contributed by atoms with Gasteiger partial charge in [-0.15, -0.1) is 0 Å². The Morgan fingerprint density at radius 3 is 2.95 bits per heavy atom. The number of carbonyl (C=O) groups is 1. The van der Waals surface area contributed by atoms with Gasteiger partial charge in [0.2, 0.25) is 5.91 Å². The normalized spacial score (nSPS) is 19.3. The predicted molar refractivity (Wildman–Crippen MR) is 83.1 cm³/mol. The second kappa shape index (κ2) is 7.62. The van der Waals surface area contributed by atoms with E-state index in [9.17, 15) is 10.1 Å². The van der Waals surface area contributed by atoms with Gasteiger partial charge in [0.25, 0.3) is 0 Å². The lowest BCUT2D eigenvalue weighted by atomic mass is 10.00. The van der Waals surface area contributed by atoms with Crippen molar-refractivity contribution < 1.29 is 14.3 Å². The third kappa shape index (κ3) is 3.86. The van der Waals surface area contributed by atoms with Gasteiger partial charge in [0.15, 0.2) is 0 Å². The lowest BCUT2D eigenvalue weighted by Gasteiger charge is -2.16. The molecule has 0 aliphatic carbocycles. The predicted octanol–water partition coefficient (Wildman–Crippen LogP) is 2.14. The Hall–Kier alpha value is -2.32. The van der Waals surface area contributed by atoms with Crippen LogP contribution < -0.4 is 10.1 Å². The number of nitrogens with one attached hydrogen (secondary N) is 1.